The SMILES string of the molecule is CC(C)(C)c1cc2c3c(c1)N(c1ccccc1-c1ccccc1)c1cc(-c4c5ccccc5c(-c5cc(-c6ccccc6)cc(-c6ccccc6)c5)c5ccccc45)ccc1B3c1cc(-c3ccccc3)ccc1N2c1ccccc1-c1ccccc1. The van der Waals surface area contributed by atoms with Crippen molar-refractivity contribution in [1.29, 1.82) is 0 Å². The summed E-state index contributed by atoms with van der Waals surface area (Å²) < 4.78 is 0. The molecule has 0 N–H and O–H groups in total. The van der Waals surface area contributed by atoms with Crippen molar-refractivity contribution < 1.29 is 0 Å². The summed E-state index contributed by atoms with van der Waals surface area (Å²) in [5, 5.41) is 4.86. The number of anilines is 6. The van der Waals surface area contributed by atoms with Gasteiger partial charge in [-0.15, -0.1) is 0 Å². The molecule has 0 unspecified atom stereocenters. The molecule has 14 aromatic rings. The van der Waals surface area contributed by atoms with E-state index in [4.69, 9.17) is 0 Å². The lowest BCUT2D eigenvalue weighted by molar-refractivity contribution is 0.590. The molecule has 2 aliphatic heterocycles. The van der Waals surface area contributed by atoms with Crippen LogP contribution in [0.15, 0.2) is 315 Å². The third-order valence-electron chi connectivity index (χ3n) is 18.2. The predicted molar refractivity (Wildman–Crippen MR) is 372 cm³/mol. The summed E-state index contributed by atoms with van der Waals surface area (Å²) in [6.07, 6.45) is 0. The molecule has 87 heavy (non-hydrogen) atoms. The third-order valence-corrected chi connectivity index (χ3v) is 18.2. The van der Waals surface area contributed by atoms with Gasteiger partial charge in [0.25, 0.3) is 6.71 Å². The second kappa shape index (κ2) is 21.1. The second-order valence-electron chi connectivity index (χ2n) is 24.3. The average molecular weight is 1110 g/mol. The van der Waals surface area contributed by atoms with Crippen LogP contribution in [0.4, 0.5) is 34.1 Å². The molecule has 0 saturated carbocycles. The van der Waals surface area contributed by atoms with Crippen molar-refractivity contribution in [2.75, 3.05) is 9.80 Å². The van der Waals surface area contributed by atoms with E-state index in [1.807, 2.05) is 0 Å². The van der Waals surface area contributed by atoms with Crippen molar-refractivity contribution in [3.05, 3.63) is 321 Å². The first-order valence-corrected chi connectivity index (χ1v) is 30.4. The molecule has 3 heteroatoms. The molecule has 410 valence electrons. The number of fused-ring (bicyclic) bond motifs is 6. The van der Waals surface area contributed by atoms with Crippen molar-refractivity contribution in [3.8, 4) is 77.9 Å². The van der Waals surface area contributed by atoms with E-state index in [-0.39, 0.29) is 12.1 Å². The first-order valence-electron chi connectivity index (χ1n) is 30.4. The topological polar surface area (TPSA) is 6.48 Å². The number of hydrogen-bond donors (Lipinski definition) is 0. The summed E-state index contributed by atoms with van der Waals surface area (Å²) in [6.45, 7) is 6.96. The molecule has 0 spiro atoms. The van der Waals surface area contributed by atoms with Crippen LogP contribution in [0, 0.1) is 0 Å². The van der Waals surface area contributed by atoms with Gasteiger partial charge in [0.2, 0.25) is 0 Å². The Kier molecular flexibility index (Phi) is 12.6. The highest BCUT2D eigenvalue weighted by Gasteiger charge is 2.45. The van der Waals surface area contributed by atoms with E-state index in [1.54, 1.807) is 0 Å². The maximum absolute atomic E-state index is 2.64. The lowest BCUT2D eigenvalue weighted by Gasteiger charge is -2.46. The van der Waals surface area contributed by atoms with E-state index in [0.29, 0.717) is 0 Å². The van der Waals surface area contributed by atoms with Crippen LogP contribution < -0.4 is 26.2 Å². The molecule has 0 radical (unpaired) electrons. The monoisotopic (exact) mass is 1110 g/mol. The first kappa shape index (κ1) is 51.9. The molecule has 0 atom stereocenters. The highest BCUT2D eigenvalue weighted by molar-refractivity contribution is 7.00. The van der Waals surface area contributed by atoms with Crippen molar-refractivity contribution in [1.82, 2.24) is 0 Å². The zero-order valence-electron chi connectivity index (χ0n) is 49.0. The van der Waals surface area contributed by atoms with Gasteiger partial charge in [0.15, 0.2) is 0 Å². The molecule has 0 saturated heterocycles. The third kappa shape index (κ3) is 8.88. The zero-order valence-corrected chi connectivity index (χ0v) is 49.0. The molecule has 0 aromatic heterocycles. The largest absolute Gasteiger partial charge is 0.311 e. The van der Waals surface area contributed by atoms with E-state index in [2.05, 4.69) is 346 Å². The summed E-state index contributed by atoms with van der Waals surface area (Å²) in [5.41, 5.74) is 28.6. The fourth-order valence-electron chi connectivity index (χ4n) is 14.1. The van der Waals surface area contributed by atoms with Crippen molar-refractivity contribution >= 4 is 78.8 Å². The Morgan fingerprint density at radius 1 is 0.241 bits per heavy atom. The number of benzene rings is 14. The van der Waals surface area contributed by atoms with Crippen molar-refractivity contribution in [2.45, 2.75) is 26.2 Å². The minimum atomic E-state index is -0.210. The smallest absolute Gasteiger partial charge is 0.252 e. The number of para-hydroxylation sites is 2. The maximum atomic E-state index is 2.64. The minimum absolute atomic E-state index is 0.126. The molecule has 16 rings (SSSR count). The van der Waals surface area contributed by atoms with Gasteiger partial charge in [-0.05, 0) is 170 Å². The summed E-state index contributed by atoms with van der Waals surface area (Å²) in [7, 11) is 0. The summed E-state index contributed by atoms with van der Waals surface area (Å²) in [6, 6.07) is 118. The molecule has 0 bridgehead atoms. The van der Waals surface area contributed by atoms with Gasteiger partial charge in [-0.25, -0.2) is 0 Å². The quantitative estimate of drug-likeness (QED) is 0.105. The van der Waals surface area contributed by atoms with Crippen LogP contribution in [0.5, 0.6) is 0 Å². The van der Waals surface area contributed by atoms with Crippen LogP contribution in [-0.4, -0.2) is 6.71 Å². The van der Waals surface area contributed by atoms with E-state index < -0.39 is 0 Å². The number of hydrogen-bond acceptors (Lipinski definition) is 2. The van der Waals surface area contributed by atoms with Gasteiger partial charge >= 0.3 is 0 Å². The van der Waals surface area contributed by atoms with Gasteiger partial charge in [0, 0.05) is 33.9 Å². The van der Waals surface area contributed by atoms with Crippen LogP contribution in [0.2, 0.25) is 0 Å². The van der Waals surface area contributed by atoms with Gasteiger partial charge in [-0.3, -0.25) is 0 Å². The molecule has 0 aliphatic carbocycles. The highest BCUT2D eigenvalue weighted by atomic mass is 15.2. The number of nitrogens with zero attached hydrogens (tertiary/aromatic N) is 2. The summed E-state index contributed by atoms with van der Waals surface area (Å²) >= 11 is 0. The lowest BCUT2D eigenvalue weighted by Crippen LogP contribution is -2.61. The van der Waals surface area contributed by atoms with E-state index >= 15 is 0 Å². The lowest BCUT2D eigenvalue weighted by atomic mass is 9.33. The Labute approximate surface area is 510 Å². The fraction of sp³-hybridized carbons (Fsp3) is 0.0476. The Hall–Kier alpha value is -10.7. The molecule has 14 aromatic carbocycles. The van der Waals surface area contributed by atoms with Crippen LogP contribution in [0.25, 0.3) is 99.4 Å². The fourth-order valence-corrected chi connectivity index (χ4v) is 14.1. The molecule has 0 fully saturated rings. The van der Waals surface area contributed by atoms with Crippen molar-refractivity contribution in [3.63, 3.8) is 0 Å². The van der Waals surface area contributed by atoms with E-state index in [1.165, 1.54) is 144 Å². The van der Waals surface area contributed by atoms with Crippen LogP contribution in [0.3, 0.4) is 0 Å². The Morgan fingerprint density at radius 2 is 0.621 bits per heavy atom. The number of rotatable bonds is 9. The highest BCUT2D eigenvalue weighted by Crippen LogP contribution is 2.52. The van der Waals surface area contributed by atoms with Gasteiger partial charge < -0.3 is 9.80 Å². The van der Waals surface area contributed by atoms with Gasteiger partial charge in [0.1, 0.15) is 0 Å². The van der Waals surface area contributed by atoms with E-state index in [0.717, 1.165) is 11.4 Å². The van der Waals surface area contributed by atoms with E-state index in [9.17, 15) is 0 Å². The minimum Gasteiger partial charge on any atom is -0.311 e. The van der Waals surface area contributed by atoms with Crippen LogP contribution in [0.1, 0.15) is 26.3 Å². The first-order chi connectivity index (χ1) is 42.8. The standard InChI is InChI=1S/C84H61BN2/c1-84(2,3)66-54-79-83-80(55-66)87(76-44-26-24-38-68(76)60-35-17-8-18-36-60)78-53-62(45-47-73(78)85(83)74-52-61(56-27-9-4-10-28-56)46-48-77(74)86(79)75-43-25-23-37-67(75)59-33-15-7-16-34-59)81-69-39-19-21-41-71(69)82(72-42-22-20-40-70(72)81)65-50-63(57-29-11-5-12-30-57)49-64(51-65)58-31-13-6-14-32-58/h4-55H,1-3H3. The molecular weight excluding hydrogens is 1050 g/mol. The Balaban J connectivity index is 0.995. The normalized spacial score (nSPS) is 12.5. The molecule has 0 amide bonds. The Morgan fingerprint density at radius 3 is 1.09 bits per heavy atom. The maximum Gasteiger partial charge on any atom is 0.252 e. The average Bonchev–Trinajstić information content (AvgIpc) is 0.716. The molecule has 2 nitrogen and oxygen atoms in total. The van der Waals surface area contributed by atoms with Crippen LogP contribution >= 0.6 is 0 Å². The summed E-state index contributed by atoms with van der Waals surface area (Å²) in [4.78, 5) is 5.23. The summed E-state index contributed by atoms with van der Waals surface area (Å²) in [5.74, 6) is 0. The molecule has 2 heterocycles. The second-order valence-corrected chi connectivity index (χ2v) is 24.3. The van der Waals surface area contributed by atoms with Gasteiger partial charge in [-0.1, -0.05) is 282 Å². The zero-order chi connectivity index (χ0) is 58.2. The predicted octanol–water partition coefficient (Wildman–Crippen LogP) is 21.0. The van der Waals surface area contributed by atoms with Crippen molar-refractivity contribution in [2.24, 2.45) is 0 Å². The van der Waals surface area contributed by atoms with Crippen LogP contribution in [-0.2, 0) is 5.41 Å². The van der Waals surface area contributed by atoms with Gasteiger partial charge in [0.05, 0.1) is 11.4 Å². The Bertz CT molecular complexity index is 4840. The molecule has 2 aliphatic rings. The molecular formula is C84H61BN2. The van der Waals surface area contributed by atoms with Gasteiger partial charge in [-0.2, -0.15) is 0 Å².